The van der Waals surface area contributed by atoms with Crippen LogP contribution in [-0.2, 0) is 0 Å². The molecule has 0 fully saturated rings. The molecular weight excluding hydrogens is 203 g/mol. The summed E-state index contributed by atoms with van der Waals surface area (Å²) in [5.41, 5.74) is 1.16. The summed E-state index contributed by atoms with van der Waals surface area (Å²) in [5.74, 6) is 0.132. The zero-order chi connectivity index (χ0) is 10.7. The second-order valence-corrected chi connectivity index (χ2v) is 4.43. The van der Waals surface area contributed by atoms with Crippen molar-refractivity contribution in [3.05, 3.63) is 47.3 Å². The molecule has 3 heteroatoms. The number of thiophene rings is 1. The maximum absolute atomic E-state index is 11.1. The second kappa shape index (κ2) is 4.45. The third kappa shape index (κ3) is 2.57. The van der Waals surface area contributed by atoms with Crippen LogP contribution in [0.25, 0.3) is 0 Å². The predicted octanol–water partition coefficient (Wildman–Crippen LogP) is 1.61. The van der Waals surface area contributed by atoms with Gasteiger partial charge < -0.3 is 0 Å². The van der Waals surface area contributed by atoms with E-state index in [1.807, 2.05) is 42.5 Å². The highest BCUT2D eigenvalue weighted by atomic mass is 32.1. The lowest BCUT2D eigenvalue weighted by atomic mass is 9.69. The van der Waals surface area contributed by atoms with Crippen molar-refractivity contribution in [3.63, 3.8) is 0 Å². The number of hydrogen-bond donors (Lipinski definition) is 0. The van der Waals surface area contributed by atoms with E-state index in [-0.39, 0.29) is 5.78 Å². The molecule has 0 amide bonds. The summed E-state index contributed by atoms with van der Waals surface area (Å²) in [6.07, 6.45) is 0. The molecule has 0 aliphatic rings. The van der Waals surface area contributed by atoms with E-state index in [4.69, 9.17) is 0 Å². The molecular formula is C12H10BOS. The van der Waals surface area contributed by atoms with Crippen LogP contribution in [0.1, 0.15) is 16.6 Å². The van der Waals surface area contributed by atoms with Gasteiger partial charge in [0, 0.05) is 0 Å². The first-order valence-corrected chi connectivity index (χ1v) is 5.58. The minimum Gasteiger partial charge on any atom is -0.294 e. The number of Topliss-reactive ketones (excluding diaryl/α,β-unsaturated/α-hetero) is 1. The van der Waals surface area contributed by atoms with Gasteiger partial charge in [-0.2, -0.15) is 0 Å². The van der Waals surface area contributed by atoms with Gasteiger partial charge in [-0.05, 0) is 17.8 Å². The quantitative estimate of drug-likeness (QED) is 0.559. The lowest BCUT2D eigenvalue weighted by molar-refractivity contribution is 0.102. The van der Waals surface area contributed by atoms with E-state index in [2.05, 4.69) is 7.28 Å². The van der Waals surface area contributed by atoms with Crippen molar-refractivity contribution in [2.75, 3.05) is 0 Å². The third-order valence-corrected chi connectivity index (χ3v) is 3.22. The van der Waals surface area contributed by atoms with Gasteiger partial charge in [-0.25, -0.2) is 0 Å². The van der Waals surface area contributed by atoms with E-state index in [1.165, 1.54) is 11.3 Å². The van der Waals surface area contributed by atoms with Crippen LogP contribution >= 0.6 is 11.3 Å². The van der Waals surface area contributed by atoms with Gasteiger partial charge in [-0.3, -0.25) is 4.79 Å². The fraction of sp³-hybridized carbons (Fsp3) is 0.0833. The molecule has 15 heavy (non-hydrogen) atoms. The molecule has 0 unspecified atom stereocenters. The molecule has 0 saturated carbocycles. The smallest absolute Gasteiger partial charge is 0.205 e. The summed E-state index contributed by atoms with van der Waals surface area (Å²) in [7, 11) is 2.08. The Hall–Kier alpha value is -1.35. The van der Waals surface area contributed by atoms with Crippen molar-refractivity contribution in [2.45, 2.75) is 6.92 Å². The van der Waals surface area contributed by atoms with Gasteiger partial charge in [0.25, 0.3) is 0 Å². The van der Waals surface area contributed by atoms with Gasteiger partial charge >= 0.3 is 0 Å². The average Bonchev–Trinajstić information content (AvgIpc) is 2.68. The van der Waals surface area contributed by atoms with Crippen molar-refractivity contribution in [1.82, 2.24) is 0 Å². The van der Waals surface area contributed by atoms with E-state index in [0.29, 0.717) is 0 Å². The highest BCUT2D eigenvalue weighted by Crippen LogP contribution is 2.06. The molecule has 1 nitrogen and oxygen atoms in total. The van der Waals surface area contributed by atoms with E-state index in [0.717, 1.165) is 15.1 Å². The second-order valence-electron chi connectivity index (χ2n) is 3.31. The molecule has 73 valence electrons. The van der Waals surface area contributed by atoms with Crippen molar-refractivity contribution < 1.29 is 4.79 Å². The first kappa shape index (κ1) is 10.2. The molecule has 2 aromatic rings. The molecule has 1 aromatic heterocycles. The largest absolute Gasteiger partial charge is 0.294 e. The summed E-state index contributed by atoms with van der Waals surface area (Å²) >= 11 is 1.53. The normalized spacial score (nSPS) is 9.93. The molecule has 1 aromatic carbocycles. The van der Waals surface area contributed by atoms with Gasteiger partial charge in [0.15, 0.2) is 5.78 Å². The third-order valence-electron chi connectivity index (χ3n) is 2.08. The van der Waals surface area contributed by atoms with Crippen molar-refractivity contribution >= 4 is 34.6 Å². The molecule has 0 N–H and O–H groups in total. The highest BCUT2D eigenvalue weighted by molar-refractivity contribution is 7.24. The molecule has 0 atom stereocenters. The van der Waals surface area contributed by atoms with E-state index in [9.17, 15) is 4.79 Å². The lowest BCUT2D eigenvalue weighted by Crippen LogP contribution is -2.23. The Morgan fingerprint density at radius 3 is 2.47 bits per heavy atom. The monoisotopic (exact) mass is 213 g/mol. The van der Waals surface area contributed by atoms with Gasteiger partial charge in [0.1, 0.15) is 0 Å². The van der Waals surface area contributed by atoms with Gasteiger partial charge in [-0.1, -0.05) is 41.9 Å². The van der Waals surface area contributed by atoms with Gasteiger partial charge in [0.2, 0.25) is 7.28 Å². The van der Waals surface area contributed by atoms with Gasteiger partial charge in [-0.15, -0.1) is 11.3 Å². The van der Waals surface area contributed by atoms with Crippen LogP contribution in [0.4, 0.5) is 0 Å². The summed E-state index contributed by atoms with van der Waals surface area (Å²) in [6, 6.07) is 14.0. The molecule has 0 aliphatic carbocycles. The van der Waals surface area contributed by atoms with Gasteiger partial charge in [0.05, 0.1) is 4.88 Å². The summed E-state index contributed by atoms with van der Waals surface area (Å²) in [4.78, 5) is 11.9. The molecule has 0 saturated heterocycles. The van der Waals surface area contributed by atoms with Crippen LogP contribution in [0.3, 0.4) is 0 Å². The Kier molecular flexibility index (Phi) is 3.02. The van der Waals surface area contributed by atoms with E-state index < -0.39 is 0 Å². The van der Waals surface area contributed by atoms with Crippen LogP contribution in [0.15, 0.2) is 42.5 Å². The molecule has 1 heterocycles. The fourth-order valence-electron chi connectivity index (χ4n) is 1.33. The minimum atomic E-state index is 0.132. The molecule has 0 spiro atoms. The average molecular weight is 213 g/mol. The number of rotatable bonds is 3. The van der Waals surface area contributed by atoms with Crippen molar-refractivity contribution in [2.24, 2.45) is 0 Å². The Balaban J connectivity index is 2.15. The maximum Gasteiger partial charge on any atom is 0.205 e. The maximum atomic E-state index is 11.1. The van der Waals surface area contributed by atoms with Crippen LogP contribution < -0.4 is 10.2 Å². The van der Waals surface area contributed by atoms with Crippen LogP contribution in [0, 0.1) is 0 Å². The van der Waals surface area contributed by atoms with Crippen LogP contribution in [-0.4, -0.2) is 13.1 Å². The molecule has 1 radical (unpaired) electrons. The number of ketones is 1. The summed E-state index contributed by atoms with van der Waals surface area (Å²) in [6.45, 7) is 1.60. The Labute approximate surface area is 94.0 Å². The predicted molar refractivity (Wildman–Crippen MR) is 65.8 cm³/mol. The number of carbonyl (C=O) groups is 1. The van der Waals surface area contributed by atoms with E-state index in [1.54, 1.807) is 6.92 Å². The SMILES string of the molecule is CC(=O)c1ccc([B]c2ccccc2)s1. The lowest BCUT2D eigenvalue weighted by Gasteiger charge is -1.94. The van der Waals surface area contributed by atoms with Crippen LogP contribution in [0.2, 0.25) is 0 Å². The zero-order valence-electron chi connectivity index (χ0n) is 8.44. The minimum absolute atomic E-state index is 0.132. The Morgan fingerprint density at radius 2 is 1.87 bits per heavy atom. The fourth-order valence-corrected chi connectivity index (χ4v) is 2.20. The molecule has 2 rings (SSSR count). The van der Waals surface area contributed by atoms with Crippen molar-refractivity contribution in [1.29, 1.82) is 0 Å². The highest BCUT2D eigenvalue weighted by Gasteiger charge is 2.05. The Bertz CT molecular complexity index is 461. The first-order chi connectivity index (χ1) is 7.25. The van der Waals surface area contributed by atoms with E-state index >= 15 is 0 Å². The standard InChI is InChI=1S/C12H10BOS/c1-9(14)11-7-8-12(15-11)13-10-5-3-2-4-6-10/h2-8H,1H3. The Morgan fingerprint density at radius 1 is 1.13 bits per heavy atom. The van der Waals surface area contributed by atoms with Crippen molar-refractivity contribution in [3.8, 4) is 0 Å². The summed E-state index contributed by atoms with van der Waals surface area (Å²) in [5, 5.41) is 0. The number of benzene rings is 1. The van der Waals surface area contributed by atoms with Crippen LogP contribution in [0.5, 0.6) is 0 Å². The number of hydrogen-bond acceptors (Lipinski definition) is 2. The first-order valence-electron chi connectivity index (χ1n) is 4.76. The molecule has 0 aliphatic heterocycles. The summed E-state index contributed by atoms with van der Waals surface area (Å²) < 4.78 is 1.12. The zero-order valence-corrected chi connectivity index (χ0v) is 9.25. The number of carbonyl (C=O) groups excluding carboxylic acids is 1. The molecule has 0 bridgehead atoms. The topological polar surface area (TPSA) is 17.1 Å².